The highest BCUT2D eigenvalue weighted by molar-refractivity contribution is 7.07. The van der Waals surface area contributed by atoms with Crippen LogP contribution >= 0.6 is 22.9 Å². The number of unbranched alkanes of at least 4 members (excludes halogenated alkanes) is 1. The van der Waals surface area contributed by atoms with Crippen molar-refractivity contribution in [2.24, 2.45) is 5.92 Å². The number of halogens is 2. The van der Waals surface area contributed by atoms with Crippen molar-refractivity contribution in [1.82, 2.24) is 24.5 Å². The third kappa shape index (κ3) is 4.99. The van der Waals surface area contributed by atoms with Crippen LogP contribution in [0.5, 0.6) is 5.88 Å². The van der Waals surface area contributed by atoms with Gasteiger partial charge in [0.1, 0.15) is 0 Å². The molecule has 5 atom stereocenters. The molecule has 0 radical (unpaired) electrons. The monoisotopic (exact) mass is 513 g/mol. The normalized spacial score (nSPS) is 23.3. The second-order valence-corrected chi connectivity index (χ2v) is 8.90. The van der Waals surface area contributed by atoms with E-state index in [9.17, 15) is 4.79 Å². The molecule has 0 N–H and O–H groups in total. The molecule has 3 aromatic heterocycles. The van der Waals surface area contributed by atoms with Crippen molar-refractivity contribution in [1.29, 1.82) is 0 Å². The molecule has 4 rings (SSSR count). The molecule has 13 heteroatoms. The van der Waals surface area contributed by atoms with Gasteiger partial charge in [0.05, 0.1) is 44.0 Å². The maximum absolute atomic E-state index is 15.4. The van der Waals surface area contributed by atoms with Crippen molar-refractivity contribution in [3.8, 4) is 5.88 Å². The van der Waals surface area contributed by atoms with Crippen LogP contribution < -0.4 is 4.74 Å². The fourth-order valence-corrected chi connectivity index (χ4v) is 4.37. The minimum Gasteiger partial charge on any atom is -0.476 e. The summed E-state index contributed by atoms with van der Waals surface area (Å²) in [5, 5.41) is 1.66. The quantitative estimate of drug-likeness (QED) is 0.226. The van der Waals surface area contributed by atoms with Crippen molar-refractivity contribution in [2.45, 2.75) is 51.3 Å². The van der Waals surface area contributed by atoms with Gasteiger partial charge in [0.2, 0.25) is 11.2 Å². The molecule has 10 nitrogen and oxygen atoms in total. The van der Waals surface area contributed by atoms with Gasteiger partial charge in [-0.3, -0.25) is 4.57 Å². The Morgan fingerprint density at radius 2 is 2.21 bits per heavy atom. The number of rotatable bonds is 10. The molecule has 34 heavy (non-hydrogen) atoms. The van der Waals surface area contributed by atoms with Crippen LogP contribution in [0.15, 0.2) is 17.2 Å². The average molecular weight is 514 g/mol. The number of thiazole rings is 1. The van der Waals surface area contributed by atoms with E-state index < -0.39 is 36.5 Å². The largest absolute Gasteiger partial charge is 0.476 e. The summed E-state index contributed by atoms with van der Waals surface area (Å²) in [6, 6.07) is 0. The second kappa shape index (κ2) is 10.9. The Bertz CT molecular complexity index is 1120. The summed E-state index contributed by atoms with van der Waals surface area (Å²) in [5.41, 5.74) is 2.70. The number of hydrogen-bond acceptors (Lipinski definition) is 10. The highest BCUT2D eigenvalue weighted by Crippen LogP contribution is 2.39. The molecule has 1 unspecified atom stereocenters. The Labute approximate surface area is 204 Å². The van der Waals surface area contributed by atoms with E-state index in [1.807, 2.05) is 6.92 Å². The van der Waals surface area contributed by atoms with Crippen molar-refractivity contribution in [2.75, 3.05) is 20.3 Å². The second-order valence-electron chi connectivity index (χ2n) is 7.84. The first-order valence-corrected chi connectivity index (χ1v) is 12.2. The van der Waals surface area contributed by atoms with Gasteiger partial charge < -0.3 is 18.9 Å². The van der Waals surface area contributed by atoms with Gasteiger partial charge in [-0.2, -0.15) is 9.97 Å². The van der Waals surface area contributed by atoms with Gasteiger partial charge in [0, 0.05) is 11.3 Å². The van der Waals surface area contributed by atoms with Gasteiger partial charge in [-0.25, -0.2) is 19.2 Å². The number of alkyl halides is 1. The molecular weight excluding hydrogens is 489 g/mol. The fourth-order valence-electron chi connectivity index (χ4n) is 3.64. The number of carbonyl (C=O) groups is 1. The summed E-state index contributed by atoms with van der Waals surface area (Å²) >= 11 is 7.43. The summed E-state index contributed by atoms with van der Waals surface area (Å²) in [7, 11) is 1.27. The highest BCUT2D eigenvalue weighted by Gasteiger charge is 2.45. The number of fused-ring (bicyclic) bond motifs is 1. The summed E-state index contributed by atoms with van der Waals surface area (Å²) in [4.78, 5) is 28.9. The molecule has 4 heterocycles. The Morgan fingerprint density at radius 3 is 2.91 bits per heavy atom. The van der Waals surface area contributed by atoms with Gasteiger partial charge in [-0.15, -0.1) is 11.3 Å². The Hall–Kier alpha value is -2.41. The summed E-state index contributed by atoms with van der Waals surface area (Å²) in [6.07, 6.45) is -0.833. The molecule has 1 aliphatic heterocycles. The first kappa shape index (κ1) is 24.7. The minimum absolute atomic E-state index is 0.0359. The van der Waals surface area contributed by atoms with E-state index in [1.54, 1.807) is 17.8 Å². The van der Waals surface area contributed by atoms with Crippen LogP contribution in [0.2, 0.25) is 5.28 Å². The van der Waals surface area contributed by atoms with Crippen molar-refractivity contribution < 1.29 is 28.1 Å². The maximum Gasteiger partial charge on any atom is 0.341 e. The Kier molecular flexibility index (Phi) is 7.91. The molecule has 0 spiro atoms. The predicted molar refractivity (Wildman–Crippen MR) is 122 cm³/mol. The maximum atomic E-state index is 15.4. The summed E-state index contributed by atoms with van der Waals surface area (Å²) < 4.78 is 39.1. The van der Waals surface area contributed by atoms with E-state index in [4.69, 9.17) is 30.5 Å². The highest BCUT2D eigenvalue weighted by atomic mass is 35.5. The number of nitrogens with zero attached hydrogens (tertiary/aromatic N) is 5. The zero-order valence-corrected chi connectivity index (χ0v) is 20.5. The van der Waals surface area contributed by atoms with Crippen LogP contribution in [0.25, 0.3) is 11.2 Å². The number of esters is 1. The molecule has 1 saturated heterocycles. The third-order valence-corrected chi connectivity index (χ3v) is 6.38. The number of imidazole rings is 1. The van der Waals surface area contributed by atoms with Crippen molar-refractivity contribution in [3.63, 3.8) is 0 Å². The van der Waals surface area contributed by atoms with E-state index >= 15 is 4.39 Å². The van der Waals surface area contributed by atoms with E-state index in [2.05, 4.69) is 19.9 Å². The first-order chi connectivity index (χ1) is 16.4. The zero-order valence-electron chi connectivity index (χ0n) is 18.9. The van der Waals surface area contributed by atoms with Crippen LogP contribution in [-0.4, -0.2) is 63.1 Å². The van der Waals surface area contributed by atoms with Gasteiger partial charge in [0.25, 0.3) is 0 Å². The fraction of sp³-hybridized carbons (Fsp3) is 0.571. The lowest BCUT2D eigenvalue weighted by Gasteiger charge is -2.19. The summed E-state index contributed by atoms with van der Waals surface area (Å²) in [5.74, 6) is -0.881. The topological polar surface area (TPSA) is 110 Å². The van der Waals surface area contributed by atoms with Gasteiger partial charge in [-0.1, -0.05) is 20.3 Å². The molecule has 1 fully saturated rings. The van der Waals surface area contributed by atoms with E-state index in [-0.39, 0.29) is 17.8 Å². The first-order valence-electron chi connectivity index (χ1n) is 10.8. The van der Waals surface area contributed by atoms with Crippen LogP contribution in [-0.2, 0) is 19.0 Å². The smallest absolute Gasteiger partial charge is 0.341 e. The van der Waals surface area contributed by atoms with Crippen LogP contribution in [0.1, 0.15) is 44.7 Å². The summed E-state index contributed by atoms with van der Waals surface area (Å²) in [6.45, 7) is 4.18. The van der Waals surface area contributed by atoms with Gasteiger partial charge >= 0.3 is 5.97 Å². The predicted octanol–water partition coefficient (Wildman–Crippen LogP) is 3.92. The van der Waals surface area contributed by atoms with Crippen molar-refractivity contribution >= 4 is 40.1 Å². The lowest BCUT2D eigenvalue weighted by Crippen LogP contribution is -2.27. The van der Waals surface area contributed by atoms with Crippen LogP contribution in [0, 0.1) is 5.92 Å². The SMILES string of the molecule is CCCCOc1nc(Cl)nc2c1ncn2[C@@H]1O[C@H](COC(C(=O)OC)c2cscn2)[C@@H](C)[C@@H]1F. The molecule has 1 aliphatic rings. The Balaban J connectivity index is 1.52. The number of carbonyl (C=O) groups excluding carboxylic acids is 1. The van der Waals surface area contributed by atoms with Gasteiger partial charge in [-0.05, 0) is 18.0 Å². The number of ether oxygens (including phenoxy) is 4. The van der Waals surface area contributed by atoms with Crippen LogP contribution in [0.4, 0.5) is 4.39 Å². The lowest BCUT2D eigenvalue weighted by atomic mass is 10.0. The number of hydrogen-bond donors (Lipinski definition) is 0. The Morgan fingerprint density at radius 1 is 1.38 bits per heavy atom. The van der Waals surface area contributed by atoms with Gasteiger partial charge in [0.15, 0.2) is 29.7 Å². The molecule has 0 bridgehead atoms. The van der Waals surface area contributed by atoms with E-state index in [0.29, 0.717) is 23.5 Å². The molecule has 3 aromatic rings. The minimum atomic E-state index is -1.39. The lowest BCUT2D eigenvalue weighted by molar-refractivity contribution is -0.158. The molecule has 0 saturated carbocycles. The zero-order chi connectivity index (χ0) is 24.2. The van der Waals surface area contributed by atoms with E-state index in [0.717, 1.165) is 12.8 Å². The third-order valence-electron chi connectivity index (χ3n) is 5.61. The average Bonchev–Trinajstić information content (AvgIpc) is 3.56. The number of methoxy groups -OCH3 is 1. The molecule has 0 aliphatic carbocycles. The van der Waals surface area contributed by atoms with Crippen LogP contribution in [0.3, 0.4) is 0 Å². The number of aromatic nitrogens is 5. The van der Waals surface area contributed by atoms with E-state index in [1.165, 1.54) is 29.3 Å². The van der Waals surface area contributed by atoms with Crippen molar-refractivity contribution in [3.05, 3.63) is 28.2 Å². The molecule has 0 aromatic carbocycles. The standard InChI is InChI=1S/C21H25ClFN5O5S/c1-4-5-6-31-18-15-17(26-21(22)27-18)28(9-24-15)19-14(23)11(2)13(33-19)7-32-16(20(29)30-3)12-8-34-10-25-12/h8-11,13-14,16,19H,4-7H2,1-3H3/t11-,13-,14+,16?,19-/m1/s1. The molecule has 0 amide bonds. The molecular formula is C21H25ClFN5O5S. The molecule has 184 valence electrons.